The molecule has 0 saturated carbocycles. The van der Waals surface area contributed by atoms with E-state index in [1.807, 2.05) is 35.7 Å². The Labute approximate surface area is 167 Å². The van der Waals surface area contributed by atoms with E-state index in [0.29, 0.717) is 5.13 Å². The summed E-state index contributed by atoms with van der Waals surface area (Å²) in [6.07, 6.45) is -1.04. The number of esters is 1. The number of nitrogens with one attached hydrogen (secondary N) is 1. The maximum atomic E-state index is 13.1. The van der Waals surface area contributed by atoms with E-state index in [2.05, 4.69) is 26.2 Å². The van der Waals surface area contributed by atoms with Crippen LogP contribution in [-0.2, 0) is 9.53 Å². The van der Waals surface area contributed by atoms with Gasteiger partial charge in [-0.3, -0.25) is 10.1 Å². The third-order valence-corrected chi connectivity index (χ3v) is 5.02. The Morgan fingerprint density at radius 3 is 2.67 bits per heavy atom. The van der Waals surface area contributed by atoms with Gasteiger partial charge in [-0.15, -0.1) is 11.3 Å². The Balaban J connectivity index is 1.62. The second kappa shape index (κ2) is 8.41. The average molecular weight is 449 g/mol. The fraction of sp³-hybridized carbons (Fsp3) is 0.105. The van der Waals surface area contributed by atoms with Crippen LogP contribution in [0.3, 0.4) is 0 Å². The minimum atomic E-state index is -1.04. The molecule has 1 amide bonds. The Kier molecular flexibility index (Phi) is 5.98. The molecule has 0 aliphatic rings. The molecule has 0 bridgehead atoms. The van der Waals surface area contributed by atoms with Crippen LogP contribution in [0.2, 0.25) is 0 Å². The number of halogens is 2. The lowest BCUT2D eigenvalue weighted by Gasteiger charge is -2.13. The fourth-order valence-electron chi connectivity index (χ4n) is 2.21. The Bertz CT molecular complexity index is 978. The molecule has 1 unspecified atom stereocenters. The lowest BCUT2D eigenvalue weighted by Crippen LogP contribution is -2.30. The van der Waals surface area contributed by atoms with E-state index in [1.54, 1.807) is 0 Å². The van der Waals surface area contributed by atoms with Crippen LogP contribution < -0.4 is 5.32 Å². The molecule has 27 heavy (non-hydrogen) atoms. The van der Waals surface area contributed by atoms with E-state index >= 15 is 0 Å². The molecule has 5 nitrogen and oxygen atoms in total. The fourth-order valence-corrected chi connectivity index (χ4v) is 3.45. The predicted octanol–water partition coefficient (Wildman–Crippen LogP) is 4.90. The number of ether oxygens (including phenoxy) is 1. The highest BCUT2D eigenvalue weighted by Crippen LogP contribution is 2.25. The number of hydrogen-bond donors (Lipinski definition) is 1. The van der Waals surface area contributed by atoms with E-state index in [0.717, 1.165) is 23.4 Å². The number of hydrogen-bond acceptors (Lipinski definition) is 5. The first-order chi connectivity index (χ1) is 12.9. The molecule has 0 fully saturated rings. The van der Waals surface area contributed by atoms with Crippen LogP contribution in [0.25, 0.3) is 11.3 Å². The third-order valence-electron chi connectivity index (χ3n) is 3.61. The van der Waals surface area contributed by atoms with Crippen LogP contribution in [0.15, 0.2) is 58.4 Å². The predicted molar refractivity (Wildman–Crippen MR) is 105 cm³/mol. The maximum absolute atomic E-state index is 13.1. The van der Waals surface area contributed by atoms with E-state index in [4.69, 9.17) is 4.74 Å². The number of amides is 1. The van der Waals surface area contributed by atoms with Crippen LogP contribution >= 0.6 is 27.3 Å². The molecule has 1 N–H and O–H groups in total. The van der Waals surface area contributed by atoms with Gasteiger partial charge in [-0.1, -0.05) is 30.3 Å². The smallest absolute Gasteiger partial charge is 0.340 e. The van der Waals surface area contributed by atoms with Crippen LogP contribution in [0, 0.1) is 5.82 Å². The molecule has 0 aliphatic carbocycles. The quantitative estimate of drug-likeness (QED) is 0.563. The number of benzene rings is 2. The monoisotopic (exact) mass is 448 g/mol. The van der Waals surface area contributed by atoms with Gasteiger partial charge in [0.2, 0.25) is 0 Å². The lowest BCUT2D eigenvalue weighted by atomic mass is 10.2. The van der Waals surface area contributed by atoms with Crippen LogP contribution in [0.1, 0.15) is 17.3 Å². The highest BCUT2D eigenvalue weighted by atomic mass is 79.9. The molecule has 1 aromatic heterocycles. The van der Waals surface area contributed by atoms with Crippen molar-refractivity contribution in [2.75, 3.05) is 5.32 Å². The molecule has 1 atom stereocenters. The van der Waals surface area contributed by atoms with Gasteiger partial charge >= 0.3 is 5.97 Å². The summed E-state index contributed by atoms with van der Waals surface area (Å²) in [5.74, 6) is -1.72. The summed E-state index contributed by atoms with van der Waals surface area (Å²) >= 11 is 4.38. The Morgan fingerprint density at radius 2 is 1.96 bits per heavy atom. The minimum absolute atomic E-state index is 0.136. The summed E-state index contributed by atoms with van der Waals surface area (Å²) in [6.45, 7) is 1.45. The number of anilines is 1. The number of rotatable bonds is 5. The molecule has 8 heteroatoms. The van der Waals surface area contributed by atoms with Crippen molar-refractivity contribution in [3.05, 3.63) is 69.8 Å². The van der Waals surface area contributed by atoms with Gasteiger partial charge in [0.1, 0.15) is 5.82 Å². The van der Waals surface area contributed by atoms with Crippen LogP contribution in [0.5, 0.6) is 0 Å². The van der Waals surface area contributed by atoms with Gasteiger partial charge in [-0.2, -0.15) is 0 Å². The molecule has 3 aromatic rings. The summed E-state index contributed by atoms with van der Waals surface area (Å²) < 4.78 is 18.5. The van der Waals surface area contributed by atoms with Crippen molar-refractivity contribution < 1.29 is 18.7 Å². The molecule has 0 spiro atoms. The third kappa shape index (κ3) is 4.78. The number of carbonyl (C=O) groups is 2. The van der Waals surface area contributed by atoms with Gasteiger partial charge in [-0.05, 0) is 41.1 Å². The highest BCUT2D eigenvalue weighted by Gasteiger charge is 2.21. The largest absolute Gasteiger partial charge is 0.449 e. The number of thiazole rings is 1. The summed E-state index contributed by atoms with van der Waals surface area (Å²) in [4.78, 5) is 28.8. The number of aromatic nitrogens is 1. The second-order valence-corrected chi connectivity index (χ2v) is 7.28. The van der Waals surface area contributed by atoms with Crippen molar-refractivity contribution in [3.63, 3.8) is 0 Å². The Hall–Kier alpha value is -2.58. The van der Waals surface area contributed by atoms with Crippen LogP contribution in [0.4, 0.5) is 9.52 Å². The highest BCUT2D eigenvalue weighted by molar-refractivity contribution is 9.10. The number of nitrogens with zero attached hydrogens (tertiary/aromatic N) is 1. The molecule has 3 rings (SSSR count). The first-order valence-corrected chi connectivity index (χ1v) is 9.59. The van der Waals surface area contributed by atoms with Crippen molar-refractivity contribution in [3.8, 4) is 11.3 Å². The Morgan fingerprint density at radius 1 is 1.22 bits per heavy atom. The zero-order valence-electron chi connectivity index (χ0n) is 14.1. The van der Waals surface area contributed by atoms with Crippen molar-refractivity contribution in [1.82, 2.24) is 4.98 Å². The van der Waals surface area contributed by atoms with E-state index < -0.39 is 23.8 Å². The van der Waals surface area contributed by atoms with Gasteiger partial charge in [0.25, 0.3) is 5.91 Å². The van der Waals surface area contributed by atoms with Gasteiger partial charge in [0.15, 0.2) is 11.2 Å². The van der Waals surface area contributed by atoms with Gasteiger partial charge in [0, 0.05) is 15.4 Å². The van der Waals surface area contributed by atoms with Gasteiger partial charge in [-0.25, -0.2) is 14.2 Å². The molecule has 138 valence electrons. The minimum Gasteiger partial charge on any atom is -0.449 e. The number of carbonyl (C=O) groups excluding carboxylic acids is 2. The van der Waals surface area contributed by atoms with E-state index in [-0.39, 0.29) is 10.0 Å². The molecule has 2 aromatic carbocycles. The van der Waals surface area contributed by atoms with E-state index in [9.17, 15) is 14.0 Å². The first-order valence-electron chi connectivity index (χ1n) is 7.92. The molecule has 0 radical (unpaired) electrons. The summed E-state index contributed by atoms with van der Waals surface area (Å²) in [5.41, 5.74) is 1.82. The summed E-state index contributed by atoms with van der Waals surface area (Å²) in [7, 11) is 0. The molecular formula is C19H14BrFN2O3S. The molecule has 1 heterocycles. The standard InChI is InChI=1S/C19H14BrFN2O3S/c1-11(26-18(25)14-8-7-13(21)9-15(14)20)17(24)23-19-22-16(10-27-19)12-5-3-2-4-6-12/h2-11H,1H3,(H,22,23,24). The zero-order valence-corrected chi connectivity index (χ0v) is 16.5. The first kappa shape index (κ1) is 19.2. The van der Waals surface area contributed by atoms with Crippen molar-refractivity contribution >= 4 is 44.3 Å². The normalized spacial score (nSPS) is 11.7. The summed E-state index contributed by atoms with van der Waals surface area (Å²) in [6, 6.07) is 13.2. The second-order valence-electron chi connectivity index (χ2n) is 5.56. The zero-order chi connectivity index (χ0) is 19.4. The SMILES string of the molecule is CC(OC(=O)c1ccc(F)cc1Br)C(=O)Nc1nc(-c2ccccc2)cs1. The maximum Gasteiger partial charge on any atom is 0.340 e. The summed E-state index contributed by atoms with van der Waals surface area (Å²) in [5, 5.41) is 4.87. The van der Waals surface area contributed by atoms with Crippen LogP contribution in [-0.4, -0.2) is 23.0 Å². The topological polar surface area (TPSA) is 68.3 Å². The van der Waals surface area contributed by atoms with Crippen molar-refractivity contribution in [2.24, 2.45) is 0 Å². The van der Waals surface area contributed by atoms with Crippen molar-refractivity contribution in [1.29, 1.82) is 0 Å². The molecule has 0 saturated heterocycles. The lowest BCUT2D eigenvalue weighted by molar-refractivity contribution is -0.123. The molecular weight excluding hydrogens is 435 g/mol. The average Bonchev–Trinajstić information content (AvgIpc) is 3.10. The van der Waals surface area contributed by atoms with Crippen molar-refractivity contribution in [2.45, 2.75) is 13.0 Å². The molecule has 0 aliphatic heterocycles. The van der Waals surface area contributed by atoms with Gasteiger partial charge < -0.3 is 4.74 Å². The van der Waals surface area contributed by atoms with E-state index in [1.165, 1.54) is 24.3 Å². The van der Waals surface area contributed by atoms with Gasteiger partial charge in [0.05, 0.1) is 11.3 Å².